The lowest BCUT2D eigenvalue weighted by molar-refractivity contribution is 0.580. The van der Waals surface area contributed by atoms with Gasteiger partial charge in [-0.2, -0.15) is 0 Å². The van der Waals surface area contributed by atoms with Gasteiger partial charge in [-0.1, -0.05) is 23.2 Å². The Morgan fingerprint density at radius 2 is 2.29 bits per heavy atom. The standard InChI is InChI=1S/C11H13ClFN/c1-7(2)5-11(14)9-4-3-8(12)6-10(9)13/h3-4,6,11H,1,5,14H2,2H3/t11-/m0/s1. The normalized spacial score (nSPS) is 12.6. The molecule has 3 heteroatoms. The molecule has 1 aromatic rings. The summed E-state index contributed by atoms with van der Waals surface area (Å²) < 4.78 is 13.4. The Labute approximate surface area is 88.4 Å². The van der Waals surface area contributed by atoms with E-state index in [9.17, 15) is 4.39 Å². The SMILES string of the molecule is C=C(C)C[C@H](N)c1ccc(Cl)cc1F. The molecular formula is C11H13ClFN. The van der Waals surface area contributed by atoms with Gasteiger partial charge >= 0.3 is 0 Å². The Kier molecular flexibility index (Phi) is 3.67. The summed E-state index contributed by atoms with van der Waals surface area (Å²) in [5.41, 5.74) is 7.22. The van der Waals surface area contributed by atoms with E-state index in [4.69, 9.17) is 17.3 Å². The molecule has 0 amide bonds. The maximum atomic E-state index is 13.4. The molecule has 0 aromatic heterocycles. The summed E-state index contributed by atoms with van der Waals surface area (Å²) in [5, 5.41) is 0.383. The summed E-state index contributed by atoms with van der Waals surface area (Å²) in [7, 11) is 0. The summed E-state index contributed by atoms with van der Waals surface area (Å²) in [6.07, 6.45) is 0.582. The van der Waals surface area contributed by atoms with Crippen LogP contribution in [0.3, 0.4) is 0 Å². The van der Waals surface area contributed by atoms with Crippen molar-refractivity contribution in [1.82, 2.24) is 0 Å². The highest BCUT2D eigenvalue weighted by atomic mass is 35.5. The fourth-order valence-electron chi connectivity index (χ4n) is 1.29. The second-order valence-corrected chi connectivity index (χ2v) is 3.87. The number of hydrogen-bond donors (Lipinski definition) is 1. The fraction of sp³-hybridized carbons (Fsp3) is 0.273. The molecule has 0 saturated heterocycles. The fourth-order valence-corrected chi connectivity index (χ4v) is 1.45. The maximum absolute atomic E-state index is 13.4. The van der Waals surface area contributed by atoms with Gasteiger partial charge in [0.05, 0.1) is 0 Å². The van der Waals surface area contributed by atoms with Crippen molar-refractivity contribution in [3.8, 4) is 0 Å². The van der Waals surface area contributed by atoms with Crippen molar-refractivity contribution in [3.05, 3.63) is 46.8 Å². The van der Waals surface area contributed by atoms with Crippen LogP contribution in [-0.2, 0) is 0 Å². The second-order valence-electron chi connectivity index (χ2n) is 3.43. The van der Waals surface area contributed by atoms with Gasteiger partial charge in [-0.3, -0.25) is 0 Å². The Morgan fingerprint density at radius 1 is 1.64 bits per heavy atom. The van der Waals surface area contributed by atoms with E-state index < -0.39 is 0 Å². The summed E-state index contributed by atoms with van der Waals surface area (Å²) in [6, 6.07) is 4.18. The Bertz CT molecular complexity index is 349. The van der Waals surface area contributed by atoms with Gasteiger partial charge in [-0.15, -0.1) is 6.58 Å². The van der Waals surface area contributed by atoms with Crippen LogP contribution in [-0.4, -0.2) is 0 Å². The van der Waals surface area contributed by atoms with Gasteiger partial charge in [-0.25, -0.2) is 4.39 Å². The van der Waals surface area contributed by atoms with Gasteiger partial charge in [0.15, 0.2) is 0 Å². The molecule has 1 rings (SSSR count). The molecular weight excluding hydrogens is 201 g/mol. The zero-order chi connectivity index (χ0) is 10.7. The van der Waals surface area contributed by atoms with Gasteiger partial charge in [0, 0.05) is 16.6 Å². The molecule has 1 aromatic carbocycles. The topological polar surface area (TPSA) is 26.0 Å². The van der Waals surface area contributed by atoms with Crippen LogP contribution in [0.4, 0.5) is 4.39 Å². The molecule has 14 heavy (non-hydrogen) atoms. The monoisotopic (exact) mass is 213 g/mol. The third kappa shape index (κ3) is 2.82. The molecule has 0 unspecified atom stereocenters. The van der Waals surface area contributed by atoms with Crippen molar-refractivity contribution >= 4 is 11.6 Å². The number of halogens is 2. The van der Waals surface area contributed by atoms with Crippen molar-refractivity contribution in [1.29, 1.82) is 0 Å². The first-order valence-electron chi connectivity index (χ1n) is 4.35. The van der Waals surface area contributed by atoms with E-state index in [1.807, 2.05) is 6.92 Å². The van der Waals surface area contributed by atoms with Crippen molar-refractivity contribution in [2.24, 2.45) is 5.73 Å². The van der Waals surface area contributed by atoms with E-state index in [-0.39, 0.29) is 11.9 Å². The molecule has 76 valence electrons. The van der Waals surface area contributed by atoms with Gasteiger partial charge in [0.25, 0.3) is 0 Å². The lowest BCUT2D eigenvalue weighted by Gasteiger charge is -2.12. The van der Waals surface area contributed by atoms with E-state index in [0.29, 0.717) is 17.0 Å². The minimum Gasteiger partial charge on any atom is -0.324 e. The van der Waals surface area contributed by atoms with Crippen LogP contribution in [0.5, 0.6) is 0 Å². The smallest absolute Gasteiger partial charge is 0.129 e. The summed E-state index contributed by atoms with van der Waals surface area (Å²) in [6.45, 7) is 5.61. The van der Waals surface area contributed by atoms with E-state index in [1.54, 1.807) is 12.1 Å². The Hall–Kier alpha value is -0.860. The molecule has 1 nitrogen and oxygen atoms in total. The highest BCUT2D eigenvalue weighted by Crippen LogP contribution is 2.23. The molecule has 0 aliphatic rings. The van der Waals surface area contributed by atoms with Gasteiger partial charge in [-0.05, 0) is 25.5 Å². The quantitative estimate of drug-likeness (QED) is 0.765. The van der Waals surface area contributed by atoms with Crippen molar-refractivity contribution in [3.63, 3.8) is 0 Å². The first-order chi connectivity index (χ1) is 6.50. The summed E-state index contributed by atoms with van der Waals surface area (Å²) in [5.74, 6) is -0.355. The minimum atomic E-state index is -0.355. The molecule has 0 aliphatic carbocycles. The highest BCUT2D eigenvalue weighted by molar-refractivity contribution is 6.30. The third-order valence-electron chi connectivity index (χ3n) is 1.93. The number of rotatable bonds is 3. The summed E-state index contributed by atoms with van der Waals surface area (Å²) in [4.78, 5) is 0. The largest absolute Gasteiger partial charge is 0.324 e. The molecule has 0 saturated carbocycles. The van der Waals surface area contributed by atoms with Gasteiger partial charge < -0.3 is 5.73 Å². The maximum Gasteiger partial charge on any atom is 0.129 e. The first kappa shape index (κ1) is 11.2. The van der Waals surface area contributed by atoms with E-state index in [0.717, 1.165) is 5.57 Å². The molecule has 1 atom stereocenters. The average molecular weight is 214 g/mol. The van der Waals surface area contributed by atoms with Gasteiger partial charge in [0.1, 0.15) is 5.82 Å². The van der Waals surface area contributed by atoms with E-state index in [2.05, 4.69) is 6.58 Å². The van der Waals surface area contributed by atoms with Crippen molar-refractivity contribution < 1.29 is 4.39 Å². The predicted molar refractivity (Wildman–Crippen MR) is 57.8 cm³/mol. The van der Waals surface area contributed by atoms with Crippen LogP contribution in [0.15, 0.2) is 30.4 Å². The van der Waals surface area contributed by atoms with Crippen LogP contribution >= 0.6 is 11.6 Å². The zero-order valence-corrected chi connectivity index (χ0v) is 8.81. The second kappa shape index (κ2) is 4.58. The van der Waals surface area contributed by atoms with E-state index >= 15 is 0 Å². The molecule has 0 bridgehead atoms. The molecule has 0 radical (unpaired) electrons. The van der Waals surface area contributed by atoms with Crippen LogP contribution in [0.25, 0.3) is 0 Å². The number of benzene rings is 1. The third-order valence-corrected chi connectivity index (χ3v) is 2.17. The summed E-state index contributed by atoms with van der Waals surface area (Å²) >= 11 is 5.63. The lowest BCUT2D eigenvalue weighted by atomic mass is 10.0. The predicted octanol–water partition coefficient (Wildman–Crippen LogP) is 3.45. The number of hydrogen-bond acceptors (Lipinski definition) is 1. The van der Waals surface area contributed by atoms with Crippen LogP contribution in [0, 0.1) is 5.82 Å². The molecule has 0 fully saturated rings. The molecule has 0 aliphatic heterocycles. The zero-order valence-electron chi connectivity index (χ0n) is 8.06. The van der Waals surface area contributed by atoms with Crippen molar-refractivity contribution in [2.45, 2.75) is 19.4 Å². The Balaban J connectivity index is 2.90. The van der Waals surface area contributed by atoms with Crippen molar-refractivity contribution in [2.75, 3.05) is 0 Å². The Morgan fingerprint density at radius 3 is 2.79 bits per heavy atom. The van der Waals surface area contributed by atoms with E-state index in [1.165, 1.54) is 6.07 Å². The molecule has 0 spiro atoms. The molecule has 2 N–H and O–H groups in total. The van der Waals surface area contributed by atoms with Crippen LogP contribution in [0.2, 0.25) is 5.02 Å². The van der Waals surface area contributed by atoms with Gasteiger partial charge in [0.2, 0.25) is 0 Å². The van der Waals surface area contributed by atoms with Crippen LogP contribution in [0.1, 0.15) is 24.9 Å². The van der Waals surface area contributed by atoms with Crippen LogP contribution < -0.4 is 5.73 Å². The number of nitrogens with two attached hydrogens (primary N) is 1. The lowest BCUT2D eigenvalue weighted by Crippen LogP contribution is -2.12. The first-order valence-corrected chi connectivity index (χ1v) is 4.73. The molecule has 0 heterocycles. The average Bonchev–Trinajstić information content (AvgIpc) is 2.01. The highest BCUT2D eigenvalue weighted by Gasteiger charge is 2.11. The minimum absolute atomic E-state index is 0.343.